The molecule has 0 aliphatic rings. The number of aromatic nitrogens is 1. The van der Waals surface area contributed by atoms with Crippen LogP contribution in [0.2, 0.25) is 0 Å². The Morgan fingerprint density at radius 3 is 2.63 bits per heavy atom. The maximum atomic E-state index is 12.1. The predicted octanol–water partition coefficient (Wildman–Crippen LogP) is 3.62. The summed E-state index contributed by atoms with van der Waals surface area (Å²) in [4.78, 5) is 0.290. The van der Waals surface area contributed by atoms with Crippen molar-refractivity contribution in [2.75, 3.05) is 0 Å². The first kappa shape index (κ1) is 13.9. The van der Waals surface area contributed by atoms with Crippen LogP contribution in [0.4, 0.5) is 13.2 Å². The molecule has 0 unspecified atom stereocenters. The zero-order valence-corrected chi connectivity index (χ0v) is 10.9. The summed E-state index contributed by atoms with van der Waals surface area (Å²) in [5, 5.41) is 0.877. The van der Waals surface area contributed by atoms with Gasteiger partial charge in [-0.15, -0.1) is 0 Å². The molecule has 2 N–H and O–H groups in total. The van der Waals surface area contributed by atoms with Gasteiger partial charge in [0.1, 0.15) is 4.99 Å². The second-order valence-corrected chi connectivity index (χ2v) is 4.77. The summed E-state index contributed by atoms with van der Waals surface area (Å²) in [5.41, 5.74) is 7.23. The predicted molar refractivity (Wildman–Crippen MR) is 73.1 cm³/mol. The Balaban J connectivity index is 2.22. The van der Waals surface area contributed by atoms with Gasteiger partial charge in [0.05, 0.1) is 0 Å². The number of alkyl halides is 3. The fraction of sp³-hybridized carbons (Fsp3) is 0.308. The molecule has 1 aromatic carbocycles. The van der Waals surface area contributed by atoms with Gasteiger partial charge in [-0.25, -0.2) is 0 Å². The lowest BCUT2D eigenvalue weighted by molar-refractivity contribution is -0.135. The van der Waals surface area contributed by atoms with E-state index in [0.29, 0.717) is 11.5 Å². The Morgan fingerprint density at radius 2 is 2.00 bits per heavy atom. The van der Waals surface area contributed by atoms with Crippen molar-refractivity contribution in [3.8, 4) is 0 Å². The number of fused-ring (bicyclic) bond motifs is 1. The zero-order valence-electron chi connectivity index (χ0n) is 10.1. The average Bonchev–Trinajstić information content (AvgIpc) is 2.70. The molecule has 2 nitrogen and oxygen atoms in total. The molecule has 1 aromatic heterocycles. The van der Waals surface area contributed by atoms with Gasteiger partial charge in [-0.3, -0.25) is 0 Å². The number of hydrogen-bond acceptors (Lipinski definition) is 1. The third-order valence-electron chi connectivity index (χ3n) is 2.94. The smallest absolute Gasteiger partial charge is 0.389 e. The molecule has 0 saturated carbocycles. The van der Waals surface area contributed by atoms with E-state index in [1.807, 2.05) is 18.2 Å². The molecule has 1 heterocycles. The average molecular weight is 286 g/mol. The van der Waals surface area contributed by atoms with E-state index in [9.17, 15) is 13.2 Å². The SMILES string of the molecule is NC(=S)c1cccc2c1ccn2CCCC(F)(F)F. The zero-order chi connectivity index (χ0) is 14.0. The molecule has 102 valence electrons. The number of benzene rings is 1. The van der Waals surface area contributed by atoms with Crippen molar-refractivity contribution in [1.29, 1.82) is 0 Å². The molecule has 0 saturated heterocycles. The van der Waals surface area contributed by atoms with Crippen LogP contribution in [0.3, 0.4) is 0 Å². The number of nitrogens with zero attached hydrogens (tertiary/aromatic N) is 1. The van der Waals surface area contributed by atoms with Gasteiger partial charge in [-0.05, 0) is 18.6 Å². The van der Waals surface area contributed by atoms with Gasteiger partial charge in [0.15, 0.2) is 0 Å². The maximum absolute atomic E-state index is 12.1. The molecule has 0 spiro atoms. The molecule has 19 heavy (non-hydrogen) atoms. The Kier molecular flexibility index (Phi) is 3.80. The number of thiocarbonyl (C=S) groups is 1. The summed E-state index contributed by atoms with van der Waals surface area (Å²) in [7, 11) is 0. The molecule has 0 fully saturated rings. The maximum Gasteiger partial charge on any atom is 0.389 e. The number of rotatable bonds is 4. The van der Waals surface area contributed by atoms with Gasteiger partial charge < -0.3 is 10.3 Å². The van der Waals surface area contributed by atoms with E-state index >= 15 is 0 Å². The quantitative estimate of drug-likeness (QED) is 0.870. The highest BCUT2D eigenvalue weighted by Crippen LogP contribution is 2.24. The third kappa shape index (κ3) is 3.26. The normalized spacial score (nSPS) is 11.9. The first-order chi connectivity index (χ1) is 8.88. The minimum absolute atomic E-state index is 0.0601. The molecule has 0 aliphatic carbocycles. The van der Waals surface area contributed by atoms with E-state index in [-0.39, 0.29) is 6.42 Å². The molecule has 2 aromatic rings. The topological polar surface area (TPSA) is 30.9 Å². The Hall–Kier alpha value is -1.56. The molecular formula is C13H13F3N2S. The van der Waals surface area contributed by atoms with Crippen molar-refractivity contribution >= 4 is 28.1 Å². The van der Waals surface area contributed by atoms with Crippen molar-refractivity contribution in [2.24, 2.45) is 5.73 Å². The summed E-state index contributed by atoms with van der Waals surface area (Å²) in [6.45, 7) is 0.323. The van der Waals surface area contributed by atoms with Gasteiger partial charge in [0, 0.05) is 35.6 Å². The molecule has 0 aliphatic heterocycles. The molecular weight excluding hydrogens is 273 g/mol. The summed E-state index contributed by atoms with van der Waals surface area (Å²) in [5.74, 6) is 0. The Morgan fingerprint density at radius 1 is 1.26 bits per heavy atom. The van der Waals surface area contributed by atoms with E-state index in [4.69, 9.17) is 18.0 Å². The van der Waals surface area contributed by atoms with E-state index in [2.05, 4.69) is 0 Å². The van der Waals surface area contributed by atoms with Gasteiger partial charge >= 0.3 is 6.18 Å². The van der Waals surface area contributed by atoms with E-state index in [1.165, 1.54) is 0 Å². The highest BCUT2D eigenvalue weighted by molar-refractivity contribution is 7.80. The molecule has 0 atom stereocenters. The molecule has 6 heteroatoms. The first-order valence-electron chi connectivity index (χ1n) is 5.83. The lowest BCUT2D eigenvalue weighted by atomic mass is 10.1. The van der Waals surface area contributed by atoms with Gasteiger partial charge in [0.2, 0.25) is 0 Å². The first-order valence-corrected chi connectivity index (χ1v) is 6.24. The monoisotopic (exact) mass is 286 g/mol. The number of hydrogen-bond donors (Lipinski definition) is 1. The van der Waals surface area contributed by atoms with Crippen LogP contribution in [-0.4, -0.2) is 15.7 Å². The lowest BCUT2D eigenvalue weighted by Crippen LogP contribution is -2.10. The Bertz CT molecular complexity index is 601. The molecule has 0 radical (unpaired) electrons. The van der Waals surface area contributed by atoms with Gasteiger partial charge in [-0.1, -0.05) is 24.4 Å². The summed E-state index contributed by atoms with van der Waals surface area (Å²) in [6, 6.07) is 7.30. The standard InChI is InChI=1S/C13H13F3N2S/c14-13(15,16)6-2-7-18-8-5-9-10(12(17)19)3-1-4-11(9)18/h1,3-5,8H,2,6-7H2,(H2,17,19). The van der Waals surface area contributed by atoms with Crippen molar-refractivity contribution in [3.05, 3.63) is 36.0 Å². The van der Waals surface area contributed by atoms with Crippen LogP contribution in [0.1, 0.15) is 18.4 Å². The minimum atomic E-state index is -4.10. The minimum Gasteiger partial charge on any atom is -0.389 e. The van der Waals surface area contributed by atoms with Crippen LogP contribution >= 0.6 is 12.2 Å². The molecule has 0 bridgehead atoms. The highest BCUT2D eigenvalue weighted by atomic mass is 32.1. The summed E-state index contributed by atoms with van der Waals surface area (Å²) < 4.78 is 38.2. The fourth-order valence-electron chi connectivity index (χ4n) is 2.08. The molecule has 2 rings (SSSR count). The van der Waals surface area contributed by atoms with E-state index in [0.717, 1.165) is 16.5 Å². The Labute approximate surface area is 114 Å². The van der Waals surface area contributed by atoms with Crippen LogP contribution in [-0.2, 0) is 6.54 Å². The number of halogens is 3. The van der Waals surface area contributed by atoms with Crippen LogP contribution in [0.15, 0.2) is 30.5 Å². The second kappa shape index (κ2) is 5.21. The van der Waals surface area contributed by atoms with Crippen LogP contribution in [0.5, 0.6) is 0 Å². The van der Waals surface area contributed by atoms with Crippen molar-refractivity contribution in [2.45, 2.75) is 25.6 Å². The number of aryl methyl sites for hydroxylation is 1. The molecule has 0 amide bonds. The third-order valence-corrected chi connectivity index (χ3v) is 3.16. The lowest BCUT2D eigenvalue weighted by Gasteiger charge is -2.08. The fourth-order valence-corrected chi connectivity index (χ4v) is 2.26. The summed E-state index contributed by atoms with van der Waals surface area (Å²) in [6.07, 6.45) is -3.05. The van der Waals surface area contributed by atoms with Crippen molar-refractivity contribution in [3.63, 3.8) is 0 Å². The van der Waals surface area contributed by atoms with Crippen LogP contribution in [0, 0.1) is 0 Å². The van der Waals surface area contributed by atoms with Gasteiger partial charge in [-0.2, -0.15) is 13.2 Å². The number of nitrogens with two attached hydrogens (primary N) is 1. The van der Waals surface area contributed by atoms with Crippen molar-refractivity contribution in [1.82, 2.24) is 4.57 Å². The highest BCUT2D eigenvalue weighted by Gasteiger charge is 2.26. The van der Waals surface area contributed by atoms with E-state index < -0.39 is 12.6 Å². The van der Waals surface area contributed by atoms with Crippen LogP contribution in [0.25, 0.3) is 10.9 Å². The summed E-state index contributed by atoms with van der Waals surface area (Å²) >= 11 is 4.95. The van der Waals surface area contributed by atoms with Crippen LogP contribution < -0.4 is 5.73 Å². The second-order valence-electron chi connectivity index (χ2n) is 4.33. The van der Waals surface area contributed by atoms with Gasteiger partial charge in [0.25, 0.3) is 0 Å². The van der Waals surface area contributed by atoms with E-state index in [1.54, 1.807) is 16.8 Å². The largest absolute Gasteiger partial charge is 0.389 e. The van der Waals surface area contributed by atoms with Crippen molar-refractivity contribution < 1.29 is 13.2 Å².